The molecule has 22 heavy (non-hydrogen) atoms. The molecule has 0 atom stereocenters. The van der Waals surface area contributed by atoms with E-state index >= 15 is 0 Å². The number of hydrogen-bond donors (Lipinski definition) is 0. The van der Waals surface area contributed by atoms with Gasteiger partial charge >= 0.3 is 0 Å². The van der Waals surface area contributed by atoms with Crippen LogP contribution in [0, 0.1) is 13.0 Å². The largest absolute Gasteiger partial charge is 0.454 e. The highest BCUT2D eigenvalue weighted by molar-refractivity contribution is 5.60. The lowest BCUT2D eigenvalue weighted by Gasteiger charge is -2.10. The molecule has 0 saturated carbocycles. The van der Waals surface area contributed by atoms with Crippen LogP contribution >= 0.6 is 0 Å². The Kier molecular flexibility index (Phi) is 3.11. The Hall–Kier alpha value is -2.68. The van der Waals surface area contributed by atoms with Crippen molar-refractivity contribution >= 4 is 0 Å². The Bertz CT molecular complexity index is 803. The lowest BCUT2D eigenvalue weighted by atomic mass is 10.1. The molecule has 0 unspecified atom stereocenters. The molecule has 1 aromatic heterocycles. The van der Waals surface area contributed by atoms with E-state index in [-0.39, 0.29) is 0 Å². The molecule has 0 aliphatic carbocycles. The molecule has 0 amide bonds. The molecule has 2 aromatic carbocycles. The third kappa shape index (κ3) is 2.35. The van der Waals surface area contributed by atoms with Crippen LogP contribution in [0.1, 0.15) is 11.1 Å². The molecule has 0 fully saturated rings. The molecule has 109 valence electrons. The van der Waals surface area contributed by atoms with Crippen molar-refractivity contribution in [3.8, 4) is 22.8 Å². The van der Waals surface area contributed by atoms with Crippen LogP contribution in [0.2, 0.25) is 0 Å². The number of hydrogen-bond acceptors (Lipinski definition) is 2. The second-order valence-corrected chi connectivity index (χ2v) is 5.51. The van der Waals surface area contributed by atoms with Crippen LogP contribution in [0.3, 0.4) is 0 Å². The minimum atomic E-state index is 0.310. The van der Waals surface area contributed by atoms with E-state index < -0.39 is 0 Å². The monoisotopic (exact) mass is 290 g/mol. The predicted octanol–water partition coefficient (Wildman–Crippen LogP) is 4.04. The molecular formula is C19H16NO2. The molecule has 0 spiro atoms. The van der Waals surface area contributed by atoms with E-state index in [1.807, 2.05) is 24.4 Å². The summed E-state index contributed by atoms with van der Waals surface area (Å²) in [5.41, 5.74) is 4.81. The second kappa shape index (κ2) is 5.26. The average Bonchev–Trinajstić information content (AvgIpc) is 3.17. The van der Waals surface area contributed by atoms with Crippen LogP contribution in [-0.4, -0.2) is 11.4 Å². The van der Waals surface area contributed by atoms with Crippen LogP contribution in [0.5, 0.6) is 11.5 Å². The van der Waals surface area contributed by atoms with Gasteiger partial charge in [0.2, 0.25) is 6.79 Å². The van der Waals surface area contributed by atoms with Crippen molar-refractivity contribution in [2.45, 2.75) is 13.5 Å². The number of fused-ring (bicyclic) bond motifs is 1. The van der Waals surface area contributed by atoms with Gasteiger partial charge in [0, 0.05) is 24.5 Å². The fourth-order valence-electron chi connectivity index (χ4n) is 2.70. The summed E-state index contributed by atoms with van der Waals surface area (Å²) in [5, 5.41) is 0. The topological polar surface area (TPSA) is 23.4 Å². The van der Waals surface area contributed by atoms with Crippen LogP contribution in [0.15, 0.2) is 54.7 Å². The maximum atomic E-state index is 5.45. The van der Waals surface area contributed by atoms with Gasteiger partial charge in [-0.1, -0.05) is 35.9 Å². The van der Waals surface area contributed by atoms with Crippen molar-refractivity contribution in [3.05, 3.63) is 71.9 Å². The molecule has 3 aromatic rings. The maximum absolute atomic E-state index is 5.45. The van der Waals surface area contributed by atoms with Crippen molar-refractivity contribution in [1.82, 2.24) is 4.57 Å². The summed E-state index contributed by atoms with van der Waals surface area (Å²) in [5.74, 6) is 1.65. The van der Waals surface area contributed by atoms with Gasteiger partial charge < -0.3 is 14.0 Å². The van der Waals surface area contributed by atoms with Gasteiger partial charge in [0.15, 0.2) is 11.5 Å². The molecule has 2 heterocycles. The molecule has 0 bridgehead atoms. The summed E-state index contributed by atoms with van der Waals surface area (Å²) in [6.07, 6.45) is 1.99. The van der Waals surface area contributed by atoms with Gasteiger partial charge in [-0.15, -0.1) is 0 Å². The van der Waals surface area contributed by atoms with E-state index in [0.717, 1.165) is 23.7 Å². The van der Waals surface area contributed by atoms with Gasteiger partial charge in [0.05, 0.1) is 0 Å². The third-order valence-corrected chi connectivity index (χ3v) is 3.90. The van der Waals surface area contributed by atoms with Gasteiger partial charge in [0.25, 0.3) is 0 Å². The summed E-state index contributed by atoms with van der Waals surface area (Å²) in [6, 6.07) is 19.9. The van der Waals surface area contributed by atoms with Crippen molar-refractivity contribution in [2.75, 3.05) is 6.79 Å². The molecule has 0 N–H and O–H groups in total. The summed E-state index contributed by atoms with van der Waals surface area (Å²) in [6.45, 7) is 3.19. The Morgan fingerprint density at radius 1 is 1.05 bits per heavy atom. The van der Waals surface area contributed by atoms with Crippen molar-refractivity contribution in [2.24, 2.45) is 0 Å². The lowest BCUT2D eigenvalue weighted by molar-refractivity contribution is 0.174. The zero-order chi connectivity index (χ0) is 14.9. The molecule has 1 aliphatic heterocycles. The number of aromatic nitrogens is 1. The lowest BCUT2D eigenvalue weighted by Crippen LogP contribution is -2.00. The molecule has 1 radical (unpaired) electrons. The zero-order valence-electron chi connectivity index (χ0n) is 12.4. The van der Waals surface area contributed by atoms with E-state index in [0.29, 0.717) is 6.79 Å². The van der Waals surface area contributed by atoms with Crippen molar-refractivity contribution in [3.63, 3.8) is 0 Å². The summed E-state index contributed by atoms with van der Waals surface area (Å²) in [7, 11) is 0. The van der Waals surface area contributed by atoms with Gasteiger partial charge in [-0.05, 0) is 36.2 Å². The van der Waals surface area contributed by atoms with E-state index in [2.05, 4.69) is 47.9 Å². The highest BCUT2D eigenvalue weighted by atomic mass is 16.7. The summed E-state index contributed by atoms with van der Waals surface area (Å²) >= 11 is 0. The van der Waals surface area contributed by atoms with Crippen molar-refractivity contribution < 1.29 is 9.47 Å². The first-order valence-electron chi connectivity index (χ1n) is 7.31. The standard InChI is InChI=1S/C19H16NO2/c1-14-4-7-16(8-5-14)17-3-2-10-20(17)12-15-6-9-18-19(11-15)22-13-21-18/h3-11H,12-13H2,1H3. The first-order chi connectivity index (χ1) is 10.8. The number of nitrogens with zero attached hydrogens (tertiary/aromatic N) is 1. The Morgan fingerprint density at radius 3 is 2.73 bits per heavy atom. The molecular weight excluding hydrogens is 274 g/mol. The Labute approximate surface area is 129 Å². The van der Waals surface area contributed by atoms with Crippen LogP contribution in [0.25, 0.3) is 11.3 Å². The average molecular weight is 290 g/mol. The normalized spacial score (nSPS) is 12.6. The van der Waals surface area contributed by atoms with E-state index in [1.54, 1.807) is 0 Å². The van der Waals surface area contributed by atoms with E-state index in [1.165, 1.54) is 16.7 Å². The number of rotatable bonds is 3. The van der Waals surface area contributed by atoms with Gasteiger partial charge in [-0.3, -0.25) is 0 Å². The van der Waals surface area contributed by atoms with Crippen LogP contribution in [0.4, 0.5) is 0 Å². The van der Waals surface area contributed by atoms with E-state index in [9.17, 15) is 0 Å². The second-order valence-electron chi connectivity index (χ2n) is 5.51. The Balaban J connectivity index is 1.64. The number of aryl methyl sites for hydroxylation is 1. The Morgan fingerprint density at radius 2 is 1.86 bits per heavy atom. The van der Waals surface area contributed by atoms with Gasteiger partial charge in [0.1, 0.15) is 0 Å². The molecule has 3 heteroatoms. The fourth-order valence-corrected chi connectivity index (χ4v) is 2.70. The fraction of sp³-hybridized carbons (Fsp3) is 0.158. The molecule has 1 aliphatic rings. The quantitative estimate of drug-likeness (QED) is 0.726. The number of benzene rings is 2. The maximum Gasteiger partial charge on any atom is 0.231 e. The molecule has 4 rings (SSSR count). The molecule has 3 nitrogen and oxygen atoms in total. The summed E-state index contributed by atoms with van der Waals surface area (Å²) in [4.78, 5) is 0. The first kappa shape index (κ1) is 13.0. The van der Waals surface area contributed by atoms with E-state index in [4.69, 9.17) is 9.47 Å². The predicted molar refractivity (Wildman–Crippen MR) is 85.1 cm³/mol. The minimum absolute atomic E-state index is 0.310. The highest BCUT2D eigenvalue weighted by Crippen LogP contribution is 2.33. The number of ether oxygens (including phenoxy) is 2. The van der Waals surface area contributed by atoms with Crippen LogP contribution in [-0.2, 0) is 6.54 Å². The zero-order valence-corrected chi connectivity index (χ0v) is 12.4. The highest BCUT2D eigenvalue weighted by Gasteiger charge is 2.13. The van der Waals surface area contributed by atoms with Crippen molar-refractivity contribution in [1.29, 1.82) is 0 Å². The SMILES string of the molecule is Cc1ccc(-c2c[c]cn2Cc2ccc3c(c2)OCO3)cc1. The first-order valence-corrected chi connectivity index (χ1v) is 7.31. The third-order valence-electron chi connectivity index (χ3n) is 3.90. The van der Waals surface area contributed by atoms with Gasteiger partial charge in [-0.25, -0.2) is 0 Å². The molecule has 0 saturated heterocycles. The summed E-state index contributed by atoms with van der Waals surface area (Å²) < 4.78 is 13.0. The van der Waals surface area contributed by atoms with Gasteiger partial charge in [-0.2, -0.15) is 0 Å². The van der Waals surface area contributed by atoms with Crippen LogP contribution < -0.4 is 9.47 Å². The smallest absolute Gasteiger partial charge is 0.231 e. The minimum Gasteiger partial charge on any atom is -0.454 e.